The largest absolute Gasteiger partial charge is 0.481 e. The number of rotatable bonds is 6. The van der Waals surface area contributed by atoms with Gasteiger partial charge in [0.05, 0.1) is 12.0 Å². The average molecular weight is 347 g/mol. The van der Waals surface area contributed by atoms with Crippen molar-refractivity contribution in [3.63, 3.8) is 0 Å². The maximum absolute atomic E-state index is 12.6. The number of aliphatic carboxylic acids is 1. The summed E-state index contributed by atoms with van der Waals surface area (Å²) in [6.07, 6.45) is 3.07. The molecule has 0 aliphatic heterocycles. The van der Waals surface area contributed by atoms with E-state index in [1.165, 1.54) is 0 Å². The Bertz CT molecular complexity index is 651. The Labute approximate surface area is 147 Å². The van der Waals surface area contributed by atoms with Crippen LogP contribution in [-0.4, -0.2) is 34.6 Å². The van der Waals surface area contributed by atoms with E-state index in [4.69, 9.17) is 5.11 Å². The van der Waals surface area contributed by atoms with Gasteiger partial charge in [0.1, 0.15) is 0 Å². The maximum Gasteiger partial charge on any atom is 0.319 e. The number of hydrogen-bond acceptors (Lipinski definition) is 3. The summed E-state index contributed by atoms with van der Waals surface area (Å²) < 4.78 is 0. The lowest BCUT2D eigenvalue weighted by Gasteiger charge is -2.28. The van der Waals surface area contributed by atoms with Crippen LogP contribution in [0, 0.1) is 0 Å². The number of hydrogen-bond donors (Lipinski definition) is 4. The molecule has 0 saturated heterocycles. The van der Waals surface area contributed by atoms with Crippen molar-refractivity contribution >= 4 is 23.6 Å². The van der Waals surface area contributed by atoms with Crippen LogP contribution in [0.1, 0.15) is 56.3 Å². The van der Waals surface area contributed by atoms with Crippen LogP contribution < -0.4 is 16.0 Å². The van der Waals surface area contributed by atoms with E-state index < -0.39 is 11.5 Å². The number of amides is 3. The standard InChI is InChI=1S/C18H25N3O4/c1-12(2)19-17(25)20-14-7-5-6-13(10-14)16(24)21-18(11-15(22)23)8-3-4-9-18/h5-7,10,12H,3-4,8-9,11H2,1-2H3,(H,21,24)(H,22,23)(H2,19,20,25). The van der Waals surface area contributed by atoms with Crippen molar-refractivity contribution in [2.24, 2.45) is 0 Å². The van der Waals surface area contributed by atoms with Crippen LogP contribution in [0.4, 0.5) is 10.5 Å². The minimum atomic E-state index is -0.914. The molecule has 0 spiro atoms. The molecule has 0 bridgehead atoms. The van der Waals surface area contributed by atoms with Crippen molar-refractivity contribution in [3.8, 4) is 0 Å². The van der Waals surface area contributed by atoms with E-state index in [-0.39, 0.29) is 24.4 Å². The molecule has 7 nitrogen and oxygen atoms in total. The van der Waals surface area contributed by atoms with Crippen molar-refractivity contribution in [2.45, 2.75) is 57.5 Å². The Morgan fingerprint density at radius 2 is 1.88 bits per heavy atom. The number of nitrogens with one attached hydrogen (secondary N) is 3. The summed E-state index contributed by atoms with van der Waals surface area (Å²) in [4.78, 5) is 35.5. The van der Waals surface area contributed by atoms with Gasteiger partial charge in [0.25, 0.3) is 5.91 Å². The number of urea groups is 1. The van der Waals surface area contributed by atoms with E-state index in [9.17, 15) is 14.4 Å². The van der Waals surface area contributed by atoms with Gasteiger partial charge in [-0.15, -0.1) is 0 Å². The second-order valence-corrected chi connectivity index (χ2v) is 6.85. The van der Waals surface area contributed by atoms with Crippen molar-refractivity contribution in [3.05, 3.63) is 29.8 Å². The first-order valence-electron chi connectivity index (χ1n) is 8.51. The highest BCUT2D eigenvalue weighted by molar-refractivity contribution is 5.97. The lowest BCUT2D eigenvalue weighted by Crippen LogP contribution is -2.47. The van der Waals surface area contributed by atoms with E-state index in [0.717, 1.165) is 12.8 Å². The van der Waals surface area contributed by atoms with Gasteiger partial charge in [0.2, 0.25) is 0 Å². The van der Waals surface area contributed by atoms with Crippen LogP contribution in [-0.2, 0) is 4.79 Å². The number of carboxylic acids is 1. The van der Waals surface area contributed by atoms with Gasteiger partial charge >= 0.3 is 12.0 Å². The molecule has 1 aromatic rings. The Balaban J connectivity index is 2.07. The second kappa shape index (κ2) is 8.00. The molecule has 0 atom stereocenters. The predicted molar refractivity (Wildman–Crippen MR) is 94.7 cm³/mol. The summed E-state index contributed by atoms with van der Waals surface area (Å²) in [6, 6.07) is 6.26. The average Bonchev–Trinajstić information content (AvgIpc) is 2.93. The minimum Gasteiger partial charge on any atom is -0.481 e. The fourth-order valence-electron chi connectivity index (χ4n) is 3.17. The highest BCUT2D eigenvalue weighted by atomic mass is 16.4. The van der Waals surface area contributed by atoms with Crippen molar-refractivity contribution in [1.82, 2.24) is 10.6 Å². The molecule has 0 unspecified atom stereocenters. The Morgan fingerprint density at radius 3 is 2.48 bits per heavy atom. The Kier molecular flexibility index (Phi) is 6.01. The lowest BCUT2D eigenvalue weighted by atomic mass is 9.92. The van der Waals surface area contributed by atoms with E-state index in [2.05, 4.69) is 16.0 Å². The maximum atomic E-state index is 12.6. The molecular weight excluding hydrogens is 322 g/mol. The number of carbonyl (C=O) groups is 3. The molecule has 136 valence electrons. The molecule has 3 amide bonds. The zero-order chi connectivity index (χ0) is 18.4. The van der Waals surface area contributed by atoms with Crippen molar-refractivity contribution < 1.29 is 19.5 Å². The fraction of sp³-hybridized carbons (Fsp3) is 0.500. The molecule has 0 heterocycles. The third-order valence-electron chi connectivity index (χ3n) is 4.23. The highest BCUT2D eigenvalue weighted by Crippen LogP contribution is 2.33. The lowest BCUT2D eigenvalue weighted by molar-refractivity contribution is -0.138. The van der Waals surface area contributed by atoms with Crippen LogP contribution in [0.5, 0.6) is 0 Å². The van der Waals surface area contributed by atoms with Crippen LogP contribution in [0.2, 0.25) is 0 Å². The smallest absolute Gasteiger partial charge is 0.319 e. The summed E-state index contributed by atoms with van der Waals surface area (Å²) in [6.45, 7) is 3.71. The molecule has 4 N–H and O–H groups in total. The summed E-state index contributed by atoms with van der Waals surface area (Å²) in [7, 11) is 0. The number of carbonyl (C=O) groups excluding carboxylic acids is 2. The second-order valence-electron chi connectivity index (χ2n) is 6.85. The van der Waals surface area contributed by atoms with Gasteiger partial charge in [0.15, 0.2) is 0 Å². The van der Waals surface area contributed by atoms with Crippen LogP contribution >= 0.6 is 0 Å². The van der Waals surface area contributed by atoms with Gasteiger partial charge in [-0.2, -0.15) is 0 Å². The molecule has 2 rings (SSSR count). The summed E-state index contributed by atoms with van der Waals surface area (Å²) in [5.74, 6) is -1.24. The van der Waals surface area contributed by atoms with Gasteiger partial charge in [-0.3, -0.25) is 9.59 Å². The minimum absolute atomic E-state index is 0.00437. The SMILES string of the molecule is CC(C)NC(=O)Nc1cccc(C(=O)NC2(CC(=O)O)CCCC2)c1. The fourth-order valence-corrected chi connectivity index (χ4v) is 3.17. The van der Waals surface area contributed by atoms with Crippen LogP contribution in [0.3, 0.4) is 0 Å². The molecule has 25 heavy (non-hydrogen) atoms. The van der Waals surface area contributed by atoms with Crippen LogP contribution in [0.25, 0.3) is 0 Å². The van der Waals surface area contributed by atoms with Crippen LogP contribution in [0.15, 0.2) is 24.3 Å². The zero-order valence-electron chi connectivity index (χ0n) is 14.6. The topological polar surface area (TPSA) is 108 Å². The van der Waals surface area contributed by atoms with E-state index in [1.54, 1.807) is 24.3 Å². The van der Waals surface area contributed by atoms with Crippen molar-refractivity contribution in [2.75, 3.05) is 5.32 Å². The van der Waals surface area contributed by atoms with E-state index in [0.29, 0.717) is 24.1 Å². The normalized spacial score (nSPS) is 15.6. The first-order chi connectivity index (χ1) is 11.8. The summed E-state index contributed by atoms with van der Waals surface area (Å²) in [5, 5.41) is 17.4. The van der Waals surface area contributed by atoms with Gasteiger partial charge in [0, 0.05) is 17.3 Å². The predicted octanol–water partition coefficient (Wildman–Crippen LogP) is 2.73. The molecular formula is C18H25N3O4. The molecule has 0 radical (unpaired) electrons. The molecule has 0 aromatic heterocycles. The number of anilines is 1. The third kappa shape index (κ3) is 5.48. The summed E-state index contributed by atoms with van der Waals surface area (Å²) >= 11 is 0. The van der Waals surface area contributed by atoms with Gasteiger partial charge < -0.3 is 21.1 Å². The number of carboxylic acid groups (broad SMARTS) is 1. The molecule has 1 aromatic carbocycles. The van der Waals surface area contributed by atoms with E-state index >= 15 is 0 Å². The molecule has 1 saturated carbocycles. The zero-order valence-corrected chi connectivity index (χ0v) is 14.6. The third-order valence-corrected chi connectivity index (χ3v) is 4.23. The van der Waals surface area contributed by atoms with Crippen molar-refractivity contribution in [1.29, 1.82) is 0 Å². The van der Waals surface area contributed by atoms with Gasteiger partial charge in [-0.05, 0) is 44.9 Å². The molecule has 1 aliphatic rings. The van der Waals surface area contributed by atoms with Gasteiger partial charge in [-0.1, -0.05) is 18.9 Å². The monoisotopic (exact) mass is 347 g/mol. The Hall–Kier alpha value is -2.57. The molecule has 7 heteroatoms. The van der Waals surface area contributed by atoms with Gasteiger partial charge in [-0.25, -0.2) is 4.79 Å². The molecule has 1 aliphatic carbocycles. The number of benzene rings is 1. The first kappa shape index (κ1) is 18.8. The molecule has 1 fully saturated rings. The van der Waals surface area contributed by atoms with E-state index in [1.807, 2.05) is 13.8 Å². The summed E-state index contributed by atoms with van der Waals surface area (Å²) in [5.41, 5.74) is 0.213. The quantitative estimate of drug-likeness (QED) is 0.634. The highest BCUT2D eigenvalue weighted by Gasteiger charge is 2.37. The Morgan fingerprint density at radius 1 is 1.20 bits per heavy atom. The first-order valence-corrected chi connectivity index (χ1v) is 8.51.